The first-order chi connectivity index (χ1) is 12.0. The van der Waals surface area contributed by atoms with Gasteiger partial charge in [0, 0.05) is 17.6 Å². The molecule has 6 nitrogen and oxygen atoms in total. The van der Waals surface area contributed by atoms with Crippen LogP contribution in [-0.4, -0.2) is 28.0 Å². The van der Waals surface area contributed by atoms with Crippen molar-refractivity contribution in [2.75, 3.05) is 19.0 Å². The van der Waals surface area contributed by atoms with E-state index in [2.05, 4.69) is 5.32 Å². The largest absolute Gasteiger partial charge is 0.465 e. The number of methoxy groups -OCH3 is 1. The molecule has 2 rings (SSSR count). The normalized spacial score (nSPS) is 11.9. The number of carbonyl (C=O) groups is 1. The molecule has 3 N–H and O–H groups in total. The van der Waals surface area contributed by atoms with Gasteiger partial charge in [0.05, 0.1) is 17.6 Å². The Balaban J connectivity index is 2.32. The predicted octanol–water partition coefficient (Wildman–Crippen LogP) is 2.65. The SMILES string of the molecule is COC(=O)c1cc(S(N)(=O)=O)ccc1NCC(C)(C)c1cccc(F)c1. The molecule has 0 heterocycles. The molecule has 0 atom stereocenters. The maximum Gasteiger partial charge on any atom is 0.340 e. The standard InChI is InChI=1S/C18H21FN2O4S/c1-18(2,12-5-4-6-13(19)9-12)11-21-16-8-7-14(26(20,23)24)10-15(16)17(22)25-3/h4-10,21H,11H2,1-3H3,(H2,20,23,24). The summed E-state index contributed by atoms with van der Waals surface area (Å²) in [5, 5.41) is 8.22. The molecular formula is C18H21FN2O4S. The zero-order chi connectivity index (χ0) is 19.5. The first kappa shape index (κ1) is 19.9. The van der Waals surface area contributed by atoms with Crippen molar-refractivity contribution in [2.45, 2.75) is 24.2 Å². The molecule has 26 heavy (non-hydrogen) atoms. The molecule has 0 aliphatic heterocycles. The minimum absolute atomic E-state index is 0.0501. The fraction of sp³-hybridized carbons (Fsp3) is 0.278. The van der Waals surface area contributed by atoms with E-state index in [1.807, 2.05) is 19.9 Å². The lowest BCUT2D eigenvalue weighted by molar-refractivity contribution is 0.0601. The van der Waals surface area contributed by atoms with Crippen LogP contribution in [-0.2, 0) is 20.2 Å². The minimum atomic E-state index is -3.95. The smallest absolute Gasteiger partial charge is 0.340 e. The third kappa shape index (κ3) is 4.59. The van der Waals surface area contributed by atoms with Gasteiger partial charge >= 0.3 is 5.97 Å². The summed E-state index contributed by atoms with van der Waals surface area (Å²) in [5.41, 5.74) is 0.780. The monoisotopic (exact) mass is 380 g/mol. The number of halogens is 1. The number of rotatable bonds is 6. The summed E-state index contributed by atoms with van der Waals surface area (Å²) in [4.78, 5) is 11.8. The van der Waals surface area contributed by atoms with Gasteiger partial charge in [-0.25, -0.2) is 22.7 Å². The molecule has 0 saturated heterocycles. The van der Waals surface area contributed by atoms with Crippen LogP contribution < -0.4 is 10.5 Å². The summed E-state index contributed by atoms with van der Waals surface area (Å²) in [6.45, 7) is 4.21. The number of benzene rings is 2. The molecule has 2 aromatic rings. The van der Waals surface area contributed by atoms with Crippen molar-refractivity contribution in [3.63, 3.8) is 0 Å². The Labute approximate surface area is 152 Å². The van der Waals surface area contributed by atoms with Gasteiger partial charge in [-0.05, 0) is 35.9 Å². The second kappa shape index (κ2) is 7.43. The Morgan fingerprint density at radius 1 is 1.23 bits per heavy atom. The van der Waals surface area contributed by atoms with E-state index in [4.69, 9.17) is 9.88 Å². The minimum Gasteiger partial charge on any atom is -0.465 e. The topological polar surface area (TPSA) is 98.5 Å². The number of hydrogen-bond acceptors (Lipinski definition) is 5. The van der Waals surface area contributed by atoms with Gasteiger partial charge in [-0.3, -0.25) is 0 Å². The molecule has 2 aromatic carbocycles. The van der Waals surface area contributed by atoms with Crippen molar-refractivity contribution in [1.82, 2.24) is 0 Å². The number of nitrogens with one attached hydrogen (secondary N) is 1. The molecule has 0 amide bonds. The van der Waals surface area contributed by atoms with E-state index in [0.717, 1.165) is 5.56 Å². The molecule has 0 aromatic heterocycles. The van der Waals surface area contributed by atoms with E-state index < -0.39 is 21.4 Å². The molecule has 0 aliphatic rings. The Hall–Kier alpha value is -2.45. The molecule has 0 saturated carbocycles. The lowest BCUT2D eigenvalue weighted by Gasteiger charge is -2.27. The first-order valence-electron chi connectivity index (χ1n) is 7.80. The zero-order valence-electron chi connectivity index (χ0n) is 14.7. The quantitative estimate of drug-likeness (QED) is 0.751. The number of carbonyl (C=O) groups excluding carboxylic acids is 1. The third-order valence-corrected chi connectivity index (χ3v) is 4.96. The van der Waals surface area contributed by atoms with Crippen LogP contribution in [0, 0.1) is 5.82 Å². The number of esters is 1. The van der Waals surface area contributed by atoms with Crippen molar-refractivity contribution in [3.05, 3.63) is 59.4 Å². The second-order valence-electron chi connectivity index (χ2n) is 6.49. The van der Waals surface area contributed by atoms with Crippen LogP contribution in [0.4, 0.5) is 10.1 Å². The Kier molecular flexibility index (Phi) is 5.68. The predicted molar refractivity (Wildman–Crippen MR) is 97.1 cm³/mol. The molecule has 0 radical (unpaired) electrons. The van der Waals surface area contributed by atoms with Crippen molar-refractivity contribution in [2.24, 2.45) is 5.14 Å². The molecule has 0 aliphatic carbocycles. The summed E-state index contributed by atoms with van der Waals surface area (Å²) in [6.07, 6.45) is 0. The Morgan fingerprint density at radius 3 is 2.50 bits per heavy atom. The third-order valence-electron chi connectivity index (χ3n) is 4.05. The number of nitrogens with two attached hydrogens (primary N) is 1. The van der Waals surface area contributed by atoms with Crippen molar-refractivity contribution in [1.29, 1.82) is 0 Å². The van der Waals surface area contributed by atoms with E-state index in [-0.39, 0.29) is 16.3 Å². The summed E-state index contributed by atoms with van der Waals surface area (Å²) in [5.74, 6) is -1.02. The highest BCUT2D eigenvalue weighted by Gasteiger charge is 2.23. The maximum absolute atomic E-state index is 13.5. The highest BCUT2D eigenvalue weighted by molar-refractivity contribution is 7.89. The average Bonchev–Trinajstić information content (AvgIpc) is 2.58. The van der Waals surface area contributed by atoms with Crippen LogP contribution in [0.1, 0.15) is 29.8 Å². The number of ether oxygens (including phenoxy) is 1. The summed E-state index contributed by atoms with van der Waals surface area (Å²) in [6, 6.07) is 10.2. The van der Waals surface area contributed by atoms with E-state index in [9.17, 15) is 17.6 Å². The van der Waals surface area contributed by atoms with E-state index in [1.165, 1.54) is 37.4 Å². The van der Waals surface area contributed by atoms with Gasteiger partial charge in [0.1, 0.15) is 5.82 Å². The van der Waals surface area contributed by atoms with Gasteiger partial charge in [0.25, 0.3) is 0 Å². The summed E-state index contributed by atoms with van der Waals surface area (Å²) in [7, 11) is -2.75. The van der Waals surface area contributed by atoms with E-state index in [1.54, 1.807) is 6.07 Å². The van der Waals surface area contributed by atoms with Crippen molar-refractivity contribution in [3.8, 4) is 0 Å². The molecule has 8 heteroatoms. The lowest BCUT2D eigenvalue weighted by atomic mass is 9.84. The van der Waals surface area contributed by atoms with Crippen LogP contribution in [0.15, 0.2) is 47.4 Å². The molecule has 0 bridgehead atoms. The van der Waals surface area contributed by atoms with E-state index in [0.29, 0.717) is 12.2 Å². The highest BCUT2D eigenvalue weighted by Crippen LogP contribution is 2.27. The Morgan fingerprint density at radius 2 is 1.92 bits per heavy atom. The number of primary sulfonamides is 1. The van der Waals surface area contributed by atoms with Crippen LogP contribution in [0.25, 0.3) is 0 Å². The molecule has 0 fully saturated rings. The van der Waals surface area contributed by atoms with Gasteiger partial charge in [0.15, 0.2) is 0 Å². The Bertz CT molecular complexity index is 927. The maximum atomic E-state index is 13.5. The first-order valence-corrected chi connectivity index (χ1v) is 9.34. The van der Waals surface area contributed by atoms with Crippen LogP contribution in [0.2, 0.25) is 0 Å². The van der Waals surface area contributed by atoms with Crippen LogP contribution in [0.5, 0.6) is 0 Å². The van der Waals surface area contributed by atoms with Crippen LogP contribution in [0.3, 0.4) is 0 Å². The lowest BCUT2D eigenvalue weighted by Crippen LogP contribution is -2.28. The molecular weight excluding hydrogens is 359 g/mol. The summed E-state index contributed by atoms with van der Waals surface area (Å²) >= 11 is 0. The number of sulfonamides is 1. The van der Waals surface area contributed by atoms with Gasteiger partial charge in [-0.1, -0.05) is 26.0 Å². The highest BCUT2D eigenvalue weighted by atomic mass is 32.2. The van der Waals surface area contributed by atoms with Crippen LogP contribution >= 0.6 is 0 Å². The fourth-order valence-corrected chi connectivity index (χ4v) is 3.00. The summed E-state index contributed by atoms with van der Waals surface area (Å²) < 4.78 is 41.2. The average molecular weight is 380 g/mol. The van der Waals surface area contributed by atoms with Crippen molar-refractivity contribution >= 4 is 21.7 Å². The van der Waals surface area contributed by atoms with Gasteiger partial charge in [0.2, 0.25) is 10.0 Å². The second-order valence-corrected chi connectivity index (χ2v) is 8.05. The molecule has 0 spiro atoms. The van der Waals surface area contributed by atoms with Gasteiger partial charge < -0.3 is 10.1 Å². The van der Waals surface area contributed by atoms with Crippen molar-refractivity contribution < 1.29 is 22.3 Å². The van der Waals surface area contributed by atoms with Gasteiger partial charge in [-0.15, -0.1) is 0 Å². The molecule has 0 unspecified atom stereocenters. The fourth-order valence-electron chi connectivity index (χ4n) is 2.46. The van der Waals surface area contributed by atoms with E-state index >= 15 is 0 Å². The number of hydrogen-bond donors (Lipinski definition) is 2. The zero-order valence-corrected chi connectivity index (χ0v) is 15.6. The van der Waals surface area contributed by atoms with Gasteiger partial charge in [-0.2, -0.15) is 0 Å². The molecule has 140 valence electrons. The number of anilines is 1.